The van der Waals surface area contributed by atoms with Crippen LogP contribution in [-0.4, -0.2) is 24.0 Å². The van der Waals surface area contributed by atoms with E-state index in [0.29, 0.717) is 36.0 Å². The van der Waals surface area contributed by atoms with Crippen molar-refractivity contribution in [3.8, 4) is 11.5 Å². The first-order chi connectivity index (χ1) is 13.7. The highest BCUT2D eigenvalue weighted by Gasteiger charge is 2.29. The van der Waals surface area contributed by atoms with Crippen LogP contribution in [-0.2, 0) is 19.2 Å². The maximum absolute atomic E-state index is 13.3. The van der Waals surface area contributed by atoms with Crippen molar-refractivity contribution >= 4 is 23.5 Å². The van der Waals surface area contributed by atoms with E-state index in [1.54, 1.807) is 47.5 Å². The molecule has 2 aromatic heterocycles. The van der Waals surface area contributed by atoms with Crippen molar-refractivity contribution in [3.63, 3.8) is 0 Å². The molecule has 0 amide bonds. The van der Waals surface area contributed by atoms with E-state index >= 15 is 0 Å². The molecule has 0 fully saturated rings. The number of Topliss-reactive ketones (excluding diaryl/α,β-unsaturated/α-hetero) is 1. The average molecular weight is 394 g/mol. The summed E-state index contributed by atoms with van der Waals surface area (Å²) in [5, 5.41) is 0.285. The molecule has 6 nitrogen and oxygen atoms in total. The zero-order valence-corrected chi connectivity index (χ0v) is 15.8. The van der Waals surface area contributed by atoms with Crippen LogP contribution in [0, 0.1) is 0 Å². The molecule has 0 unspecified atom stereocenters. The smallest absolute Gasteiger partial charge is 0.237 e. The standard InChI is InChI=1S/C21H18N2O4S/c24-20(15-6-7-17-18(13-15)27-12-11-26-17)19(23-8-2-1-3-9-23)21(28)22-14-16-5-4-10-25-16/h1-10,13,19H,11-12,14H2/t19-/m0/s1. The predicted molar refractivity (Wildman–Crippen MR) is 105 cm³/mol. The van der Waals surface area contributed by atoms with Crippen molar-refractivity contribution in [2.45, 2.75) is 12.6 Å². The highest BCUT2D eigenvalue weighted by molar-refractivity contribution is 7.77. The van der Waals surface area contributed by atoms with E-state index in [9.17, 15) is 4.79 Å². The normalized spacial score (nSPS) is 14.5. The zero-order valence-electron chi connectivity index (χ0n) is 15.0. The first kappa shape index (κ1) is 18.2. The minimum atomic E-state index is -0.742. The van der Waals surface area contributed by atoms with Gasteiger partial charge in [0.05, 0.1) is 12.8 Å². The van der Waals surface area contributed by atoms with Crippen molar-refractivity contribution in [2.75, 3.05) is 13.2 Å². The minimum absolute atomic E-state index is 0.165. The summed E-state index contributed by atoms with van der Waals surface area (Å²) < 4.78 is 18.2. The van der Waals surface area contributed by atoms with Crippen LogP contribution in [0.5, 0.6) is 11.5 Å². The van der Waals surface area contributed by atoms with Crippen LogP contribution in [0.15, 0.2) is 76.6 Å². The number of ketones is 1. The summed E-state index contributed by atoms with van der Waals surface area (Å²) in [5.74, 6) is 1.72. The summed E-state index contributed by atoms with van der Waals surface area (Å²) in [7, 11) is 0. The molecule has 4 rings (SSSR count). The molecule has 1 aromatic carbocycles. The molecule has 1 aliphatic rings. The molecule has 0 aliphatic carbocycles. The monoisotopic (exact) mass is 394 g/mol. The molecule has 0 bridgehead atoms. The topological polar surface area (TPSA) is 64.9 Å². The lowest BCUT2D eigenvalue weighted by Crippen LogP contribution is -2.47. The fourth-order valence-electron chi connectivity index (χ4n) is 2.96. The number of nitrogens with zero attached hydrogens (tertiary/aromatic N) is 2. The summed E-state index contributed by atoms with van der Waals surface area (Å²) in [6.07, 6.45) is 5.18. The Labute approximate surface area is 167 Å². The Morgan fingerprint density at radius 2 is 1.86 bits per heavy atom. The number of carbonyl (C=O) groups is 1. The van der Waals surface area contributed by atoms with E-state index in [2.05, 4.69) is 4.99 Å². The second-order valence-electron chi connectivity index (χ2n) is 6.18. The van der Waals surface area contributed by atoms with Gasteiger partial charge >= 0.3 is 0 Å². The lowest BCUT2D eigenvalue weighted by atomic mass is 10.0. The van der Waals surface area contributed by atoms with Crippen LogP contribution in [0.25, 0.3) is 0 Å². The number of rotatable bonds is 6. The fourth-order valence-corrected chi connectivity index (χ4v) is 3.25. The quantitative estimate of drug-likeness (QED) is 0.211. The van der Waals surface area contributed by atoms with Gasteiger partial charge in [-0.05, 0) is 35.4 Å². The van der Waals surface area contributed by atoms with Gasteiger partial charge in [-0.2, -0.15) is 4.57 Å². The van der Waals surface area contributed by atoms with Crippen LogP contribution in [0.1, 0.15) is 22.2 Å². The van der Waals surface area contributed by atoms with Gasteiger partial charge in [-0.1, -0.05) is 6.07 Å². The Balaban J connectivity index is 1.67. The third-order valence-corrected chi connectivity index (χ3v) is 4.67. The second-order valence-corrected chi connectivity index (χ2v) is 6.60. The number of carbonyl (C=O) groups excluding carboxylic acids is 1. The molecule has 3 aromatic rings. The summed E-state index contributed by atoms with van der Waals surface area (Å²) >= 11 is 5.52. The molecule has 0 spiro atoms. The molecule has 0 radical (unpaired) electrons. The van der Waals surface area contributed by atoms with Gasteiger partial charge in [0.1, 0.15) is 19.0 Å². The predicted octanol–water partition coefficient (Wildman–Crippen LogP) is 2.91. The van der Waals surface area contributed by atoms with E-state index < -0.39 is 6.04 Å². The molecule has 0 saturated carbocycles. The van der Waals surface area contributed by atoms with Crippen molar-refractivity contribution in [3.05, 3.63) is 78.5 Å². The van der Waals surface area contributed by atoms with Crippen molar-refractivity contribution < 1.29 is 23.3 Å². The third-order valence-electron chi connectivity index (χ3n) is 4.32. The molecule has 142 valence electrons. The molecule has 7 heteroatoms. The first-order valence-corrected chi connectivity index (χ1v) is 9.26. The van der Waals surface area contributed by atoms with E-state index in [1.165, 1.54) is 0 Å². The Morgan fingerprint density at radius 3 is 2.61 bits per heavy atom. The van der Waals surface area contributed by atoms with Gasteiger partial charge in [0.25, 0.3) is 0 Å². The van der Waals surface area contributed by atoms with Gasteiger partial charge in [0.2, 0.25) is 11.8 Å². The number of fused-ring (bicyclic) bond motifs is 1. The maximum Gasteiger partial charge on any atom is 0.237 e. The molecule has 3 heterocycles. The Bertz CT molecular complexity index is 987. The Kier molecular flexibility index (Phi) is 5.34. The number of ether oxygens (including phenoxy) is 2. The number of hydrogen-bond acceptors (Lipinski definition) is 6. The van der Waals surface area contributed by atoms with Crippen LogP contribution in [0.2, 0.25) is 0 Å². The fraction of sp³-hybridized carbons (Fsp3) is 0.190. The van der Waals surface area contributed by atoms with E-state index in [1.807, 2.05) is 24.3 Å². The van der Waals surface area contributed by atoms with Gasteiger partial charge < -0.3 is 31.5 Å². The van der Waals surface area contributed by atoms with Gasteiger partial charge in [-0.25, -0.2) is 0 Å². The molecule has 0 N–H and O–H groups in total. The summed E-state index contributed by atoms with van der Waals surface area (Å²) in [6.45, 7) is 1.24. The average Bonchev–Trinajstić information content (AvgIpc) is 3.26. The third kappa shape index (κ3) is 3.89. The van der Waals surface area contributed by atoms with Gasteiger partial charge in [0, 0.05) is 17.7 Å². The number of benzene rings is 1. The van der Waals surface area contributed by atoms with Crippen molar-refractivity contribution in [1.82, 2.24) is 0 Å². The highest BCUT2D eigenvalue weighted by Crippen LogP contribution is 2.31. The highest BCUT2D eigenvalue weighted by atomic mass is 32.1. The van der Waals surface area contributed by atoms with Gasteiger partial charge in [-0.3, -0.25) is 4.79 Å². The molecule has 28 heavy (non-hydrogen) atoms. The van der Waals surface area contributed by atoms with Crippen LogP contribution in [0.3, 0.4) is 0 Å². The van der Waals surface area contributed by atoms with Crippen molar-refractivity contribution in [2.24, 2.45) is 4.99 Å². The number of furan rings is 1. The molecular formula is C21H18N2O4S. The second kappa shape index (κ2) is 8.22. The molecule has 1 aliphatic heterocycles. The van der Waals surface area contributed by atoms with E-state index in [-0.39, 0.29) is 17.4 Å². The van der Waals surface area contributed by atoms with Crippen molar-refractivity contribution in [1.29, 1.82) is 0 Å². The minimum Gasteiger partial charge on any atom is -0.758 e. The lowest BCUT2D eigenvalue weighted by Gasteiger charge is -2.21. The van der Waals surface area contributed by atoms with Gasteiger partial charge in [-0.15, -0.1) is 0 Å². The van der Waals surface area contributed by atoms with E-state index in [4.69, 9.17) is 26.5 Å². The summed E-state index contributed by atoms with van der Waals surface area (Å²) in [4.78, 5) is 17.8. The Hall–Kier alpha value is -3.19. The maximum atomic E-state index is 13.3. The SMILES string of the molecule is O=C(c1ccc2c(c1)OCCO2)[C@@H](C([S-])=NCc1ccco1)[n+]1ccccc1. The van der Waals surface area contributed by atoms with Gasteiger partial charge in [0.15, 0.2) is 23.9 Å². The lowest BCUT2D eigenvalue weighted by molar-refractivity contribution is -0.691. The Morgan fingerprint density at radius 1 is 1.07 bits per heavy atom. The van der Waals surface area contributed by atoms with Crippen LogP contribution >= 0.6 is 0 Å². The summed E-state index contributed by atoms with van der Waals surface area (Å²) in [5.41, 5.74) is 0.487. The zero-order chi connectivity index (χ0) is 19.3. The first-order valence-electron chi connectivity index (χ1n) is 8.86. The molecular weight excluding hydrogens is 376 g/mol. The molecule has 1 atom stereocenters. The number of hydrogen-bond donors (Lipinski definition) is 0. The number of aliphatic imine (C=N–C) groups is 1. The number of pyridine rings is 1. The number of aromatic nitrogens is 1. The van der Waals surface area contributed by atoms with Crippen LogP contribution in [0.4, 0.5) is 0 Å². The van der Waals surface area contributed by atoms with E-state index in [0.717, 1.165) is 0 Å². The van der Waals surface area contributed by atoms with Crippen LogP contribution < -0.4 is 14.0 Å². The molecule has 0 saturated heterocycles. The summed E-state index contributed by atoms with van der Waals surface area (Å²) in [6, 6.07) is 13.6. The largest absolute Gasteiger partial charge is 0.758 e.